The summed E-state index contributed by atoms with van der Waals surface area (Å²) in [5.41, 5.74) is 3.98. The van der Waals surface area contributed by atoms with Gasteiger partial charge < -0.3 is 19.1 Å². The quantitative estimate of drug-likeness (QED) is 0.0862. The van der Waals surface area contributed by atoms with Gasteiger partial charge in [0, 0.05) is 41.4 Å². The predicted molar refractivity (Wildman–Crippen MR) is 187 cm³/mol. The minimum absolute atomic E-state index is 0.00615. The molecule has 49 heavy (non-hydrogen) atoms. The molecule has 2 heterocycles. The average molecular weight is 668 g/mol. The van der Waals surface area contributed by atoms with Gasteiger partial charge in [-0.05, 0) is 70.3 Å². The van der Waals surface area contributed by atoms with Crippen molar-refractivity contribution < 1.29 is 28.7 Å². The van der Waals surface area contributed by atoms with Crippen molar-refractivity contribution in [1.29, 1.82) is 0 Å². The minimum atomic E-state index is -0.945. The van der Waals surface area contributed by atoms with Gasteiger partial charge in [-0.3, -0.25) is 19.9 Å². The first-order valence-corrected chi connectivity index (χ1v) is 16.9. The summed E-state index contributed by atoms with van der Waals surface area (Å²) in [7, 11) is 0. The molecule has 10 nitrogen and oxygen atoms in total. The number of ether oxygens (including phenoxy) is 3. The summed E-state index contributed by atoms with van der Waals surface area (Å²) in [6, 6.07) is 27.4. The number of carbonyl (C=O) groups excluding carboxylic acids is 2. The van der Waals surface area contributed by atoms with Gasteiger partial charge in [0.05, 0.1) is 29.8 Å². The number of nitro groups is 1. The first-order valence-electron chi connectivity index (χ1n) is 16.9. The van der Waals surface area contributed by atoms with E-state index in [1.807, 2.05) is 0 Å². The maximum absolute atomic E-state index is 13.6. The zero-order chi connectivity index (χ0) is 35.0. The number of benzene rings is 3. The standard InChI is InChI=1S/C39H45N3O7/c1-27(2)49-38(44)35-29(4)40-28(3)34(36(35)30-12-11-17-33(26-30)42(45)46)37(43)48-25-24-47-23-22-41-20-18-39(19-21-41,31-13-7-5-8-14-31)32-15-9-6-10-16-32/h5-17,26-27,35-36H,18-25H2,1-4H3/t35?,36-/m1/s1. The van der Waals surface area contributed by atoms with Crippen LogP contribution in [0.3, 0.4) is 0 Å². The van der Waals surface area contributed by atoms with Crippen LogP contribution in [0.5, 0.6) is 0 Å². The van der Waals surface area contributed by atoms with Gasteiger partial charge in [0.1, 0.15) is 12.5 Å². The fraction of sp³-hybridized carbons (Fsp3) is 0.410. The molecule has 0 amide bonds. The zero-order valence-corrected chi connectivity index (χ0v) is 28.7. The molecule has 0 aliphatic carbocycles. The molecule has 2 aliphatic rings. The van der Waals surface area contributed by atoms with E-state index < -0.39 is 34.8 Å². The number of carbonyl (C=O) groups is 2. The molecular weight excluding hydrogens is 622 g/mol. The van der Waals surface area contributed by atoms with Crippen molar-refractivity contribution in [2.45, 2.75) is 58.0 Å². The van der Waals surface area contributed by atoms with Crippen LogP contribution in [0.4, 0.5) is 5.69 Å². The number of aliphatic imine (C=N–C) groups is 1. The number of hydrogen-bond donors (Lipinski definition) is 0. The highest BCUT2D eigenvalue weighted by Gasteiger charge is 2.43. The van der Waals surface area contributed by atoms with E-state index in [0.717, 1.165) is 32.5 Å². The summed E-state index contributed by atoms with van der Waals surface area (Å²) in [6.07, 6.45) is 1.62. The second kappa shape index (κ2) is 16.2. The van der Waals surface area contributed by atoms with Crippen molar-refractivity contribution in [3.05, 3.63) is 123 Å². The van der Waals surface area contributed by atoms with E-state index >= 15 is 0 Å². The smallest absolute Gasteiger partial charge is 0.336 e. The molecule has 0 N–H and O–H groups in total. The summed E-state index contributed by atoms with van der Waals surface area (Å²) < 4.78 is 17.1. The molecule has 3 aromatic rings. The zero-order valence-electron chi connectivity index (χ0n) is 28.7. The van der Waals surface area contributed by atoms with E-state index in [4.69, 9.17) is 14.2 Å². The summed E-state index contributed by atoms with van der Waals surface area (Å²) in [6.45, 7) is 10.2. The summed E-state index contributed by atoms with van der Waals surface area (Å²) in [5.74, 6) is -3.02. The Morgan fingerprint density at radius 3 is 2.14 bits per heavy atom. The second-order valence-corrected chi connectivity index (χ2v) is 12.9. The maximum atomic E-state index is 13.6. The maximum Gasteiger partial charge on any atom is 0.336 e. The Labute approximate surface area is 287 Å². The van der Waals surface area contributed by atoms with E-state index in [1.54, 1.807) is 33.8 Å². The van der Waals surface area contributed by atoms with Crippen LogP contribution in [-0.4, -0.2) is 73.0 Å². The van der Waals surface area contributed by atoms with Crippen molar-refractivity contribution in [3.63, 3.8) is 0 Å². The lowest BCUT2D eigenvalue weighted by molar-refractivity contribution is -0.384. The Hall–Kier alpha value is -4.67. The molecule has 10 heteroatoms. The highest BCUT2D eigenvalue weighted by atomic mass is 16.6. The van der Waals surface area contributed by atoms with Crippen molar-refractivity contribution >= 4 is 23.3 Å². The normalized spacial score (nSPS) is 19.3. The average Bonchev–Trinajstić information content (AvgIpc) is 3.10. The highest BCUT2D eigenvalue weighted by molar-refractivity contribution is 6.07. The molecule has 2 aliphatic heterocycles. The van der Waals surface area contributed by atoms with Crippen LogP contribution in [0, 0.1) is 16.0 Å². The number of likely N-dealkylation sites (tertiary alicyclic amines) is 1. The third-order valence-electron chi connectivity index (χ3n) is 9.47. The topological polar surface area (TPSA) is 121 Å². The van der Waals surface area contributed by atoms with E-state index in [-0.39, 0.29) is 29.9 Å². The fourth-order valence-corrected chi connectivity index (χ4v) is 7.09. The number of hydrogen-bond acceptors (Lipinski definition) is 9. The first kappa shape index (κ1) is 35.6. The number of nitrogens with zero attached hydrogens (tertiary/aromatic N) is 3. The number of piperidine rings is 1. The van der Waals surface area contributed by atoms with Gasteiger partial charge in [-0.1, -0.05) is 72.8 Å². The molecule has 5 rings (SSSR count). The third-order valence-corrected chi connectivity index (χ3v) is 9.47. The molecule has 0 radical (unpaired) electrons. The Kier molecular flexibility index (Phi) is 11.7. The van der Waals surface area contributed by atoms with Crippen LogP contribution < -0.4 is 0 Å². The Morgan fingerprint density at radius 2 is 1.55 bits per heavy atom. The van der Waals surface area contributed by atoms with Crippen molar-refractivity contribution in [3.8, 4) is 0 Å². The van der Waals surface area contributed by atoms with Gasteiger partial charge in [-0.25, -0.2) is 4.79 Å². The van der Waals surface area contributed by atoms with Crippen molar-refractivity contribution in [1.82, 2.24) is 4.90 Å². The molecule has 2 atom stereocenters. The van der Waals surface area contributed by atoms with Gasteiger partial charge >= 0.3 is 11.9 Å². The monoisotopic (exact) mass is 667 g/mol. The van der Waals surface area contributed by atoms with Gasteiger partial charge in [0.2, 0.25) is 0 Å². The molecule has 0 aromatic heterocycles. The van der Waals surface area contributed by atoms with Gasteiger partial charge in [-0.2, -0.15) is 0 Å². The van der Waals surface area contributed by atoms with E-state index in [0.29, 0.717) is 23.6 Å². The minimum Gasteiger partial charge on any atom is -0.462 e. The summed E-state index contributed by atoms with van der Waals surface area (Å²) in [4.78, 5) is 44.9. The van der Waals surface area contributed by atoms with Gasteiger partial charge in [0.15, 0.2) is 0 Å². The predicted octanol–water partition coefficient (Wildman–Crippen LogP) is 6.64. The Bertz CT molecular complexity index is 1640. The molecule has 0 spiro atoms. The fourth-order valence-electron chi connectivity index (χ4n) is 7.09. The van der Waals surface area contributed by atoms with E-state index in [9.17, 15) is 19.7 Å². The van der Waals surface area contributed by atoms with E-state index in [1.165, 1.54) is 29.3 Å². The molecular formula is C39H45N3O7. The lowest BCUT2D eigenvalue weighted by atomic mass is 9.68. The lowest BCUT2D eigenvalue weighted by Gasteiger charge is -2.43. The van der Waals surface area contributed by atoms with Crippen LogP contribution >= 0.6 is 0 Å². The van der Waals surface area contributed by atoms with Gasteiger partial charge in [0.25, 0.3) is 5.69 Å². The Balaban J connectivity index is 1.18. The number of rotatable bonds is 13. The molecule has 1 unspecified atom stereocenters. The van der Waals surface area contributed by atoms with E-state index in [2.05, 4.69) is 70.6 Å². The van der Waals surface area contributed by atoms with Crippen LogP contribution in [-0.2, 0) is 29.2 Å². The second-order valence-electron chi connectivity index (χ2n) is 12.9. The SMILES string of the molecule is CC1=NC(C)=C(C(=O)OCCOCCN2CCC(c3ccccc3)(c3ccccc3)CC2)[C@@H](c2cccc([N+](=O)[O-])c2)C1C(=O)OC(C)C. The number of allylic oxidation sites excluding steroid dienone is 1. The van der Waals surface area contributed by atoms with Crippen LogP contribution in [0.15, 0.2) is 101 Å². The van der Waals surface area contributed by atoms with Crippen molar-refractivity contribution in [2.75, 3.05) is 39.5 Å². The molecule has 258 valence electrons. The molecule has 0 saturated carbocycles. The molecule has 1 saturated heterocycles. The van der Waals surface area contributed by atoms with Crippen LogP contribution in [0.25, 0.3) is 0 Å². The number of esters is 2. The Morgan fingerprint density at radius 1 is 0.918 bits per heavy atom. The molecule has 3 aromatic carbocycles. The van der Waals surface area contributed by atoms with Crippen molar-refractivity contribution in [2.24, 2.45) is 10.9 Å². The summed E-state index contributed by atoms with van der Waals surface area (Å²) >= 11 is 0. The lowest BCUT2D eigenvalue weighted by Crippen LogP contribution is -2.44. The number of nitro benzene ring substituents is 1. The highest BCUT2D eigenvalue weighted by Crippen LogP contribution is 2.42. The van der Waals surface area contributed by atoms with Crippen LogP contribution in [0.2, 0.25) is 0 Å². The first-order chi connectivity index (χ1) is 23.6. The largest absolute Gasteiger partial charge is 0.462 e. The van der Waals surface area contributed by atoms with Gasteiger partial charge in [-0.15, -0.1) is 0 Å². The summed E-state index contributed by atoms with van der Waals surface area (Å²) in [5, 5.41) is 11.6. The number of non-ortho nitro benzene ring substituents is 1. The third kappa shape index (κ3) is 8.32. The van der Waals surface area contributed by atoms with Crippen LogP contribution in [0.1, 0.15) is 63.1 Å². The molecule has 1 fully saturated rings. The molecule has 0 bridgehead atoms.